The van der Waals surface area contributed by atoms with Crippen molar-refractivity contribution in [2.45, 2.75) is 58.1 Å². The van der Waals surface area contributed by atoms with Crippen molar-refractivity contribution >= 4 is 11.3 Å². The van der Waals surface area contributed by atoms with Crippen molar-refractivity contribution < 1.29 is 4.74 Å². The van der Waals surface area contributed by atoms with E-state index in [9.17, 15) is 0 Å². The highest BCUT2D eigenvalue weighted by atomic mass is 32.1. The summed E-state index contributed by atoms with van der Waals surface area (Å²) in [5.74, 6) is 0. The lowest BCUT2D eigenvalue weighted by molar-refractivity contribution is -0.0978. The van der Waals surface area contributed by atoms with Crippen molar-refractivity contribution in [3.8, 4) is 0 Å². The van der Waals surface area contributed by atoms with Crippen LogP contribution in [0.3, 0.4) is 0 Å². The third-order valence-electron chi connectivity index (χ3n) is 4.14. The van der Waals surface area contributed by atoms with Gasteiger partial charge >= 0.3 is 0 Å². The quantitative estimate of drug-likeness (QED) is 0.861. The molecular formula is C14H24N2OS. The fraction of sp³-hybridized carbons (Fsp3) is 0.786. The Morgan fingerprint density at radius 3 is 2.56 bits per heavy atom. The molecule has 1 aromatic rings. The normalized spacial score (nSPS) is 19.6. The molecular weight excluding hydrogens is 244 g/mol. The molecule has 1 aliphatic rings. The minimum Gasteiger partial charge on any atom is -0.377 e. The number of hydrogen-bond acceptors (Lipinski definition) is 4. The van der Waals surface area contributed by atoms with Gasteiger partial charge < -0.3 is 10.1 Å². The van der Waals surface area contributed by atoms with Gasteiger partial charge in [0, 0.05) is 24.4 Å². The van der Waals surface area contributed by atoms with Crippen molar-refractivity contribution in [3.63, 3.8) is 0 Å². The van der Waals surface area contributed by atoms with E-state index < -0.39 is 0 Å². The van der Waals surface area contributed by atoms with Crippen molar-refractivity contribution in [2.75, 3.05) is 13.7 Å². The van der Waals surface area contributed by atoms with E-state index >= 15 is 0 Å². The molecule has 4 heteroatoms. The van der Waals surface area contributed by atoms with Crippen molar-refractivity contribution in [2.24, 2.45) is 0 Å². The van der Waals surface area contributed by atoms with Crippen molar-refractivity contribution in [3.05, 3.63) is 15.6 Å². The summed E-state index contributed by atoms with van der Waals surface area (Å²) in [6, 6.07) is 0.395. The summed E-state index contributed by atoms with van der Waals surface area (Å²) < 4.78 is 5.81. The van der Waals surface area contributed by atoms with E-state index in [1.54, 1.807) is 0 Å². The van der Waals surface area contributed by atoms with Crippen molar-refractivity contribution in [1.82, 2.24) is 10.3 Å². The lowest BCUT2D eigenvalue weighted by Crippen LogP contribution is -2.57. The first kappa shape index (κ1) is 14.0. The lowest BCUT2D eigenvalue weighted by Gasteiger charge is -2.46. The van der Waals surface area contributed by atoms with E-state index in [1.165, 1.54) is 34.8 Å². The highest BCUT2D eigenvalue weighted by Crippen LogP contribution is 2.39. The number of nitrogens with one attached hydrogen (secondary N) is 1. The monoisotopic (exact) mass is 268 g/mol. The first-order chi connectivity index (χ1) is 8.61. The van der Waals surface area contributed by atoms with Gasteiger partial charge in [-0.05, 0) is 39.7 Å². The second kappa shape index (κ2) is 5.68. The Morgan fingerprint density at radius 2 is 2.17 bits per heavy atom. The average molecular weight is 268 g/mol. The van der Waals surface area contributed by atoms with Gasteiger partial charge in [0.2, 0.25) is 0 Å². The van der Waals surface area contributed by atoms with Crippen LogP contribution in [-0.2, 0) is 11.2 Å². The SMILES string of the molecule is CCNC(Cc1nc(C)c(C)s1)C1(OC)CCC1. The van der Waals surface area contributed by atoms with Gasteiger partial charge in [-0.25, -0.2) is 4.98 Å². The van der Waals surface area contributed by atoms with E-state index in [0.717, 1.165) is 13.0 Å². The van der Waals surface area contributed by atoms with Gasteiger partial charge in [0.15, 0.2) is 0 Å². The third-order valence-corrected chi connectivity index (χ3v) is 5.24. The van der Waals surface area contributed by atoms with Crippen LogP contribution in [0.15, 0.2) is 0 Å². The highest BCUT2D eigenvalue weighted by molar-refractivity contribution is 7.11. The fourth-order valence-electron chi connectivity index (χ4n) is 2.71. The second-order valence-electron chi connectivity index (χ2n) is 5.19. The molecule has 3 nitrogen and oxygen atoms in total. The van der Waals surface area contributed by atoms with Crippen LogP contribution in [-0.4, -0.2) is 30.3 Å². The zero-order valence-corrected chi connectivity index (χ0v) is 12.7. The fourth-order valence-corrected chi connectivity index (χ4v) is 3.69. The van der Waals surface area contributed by atoms with E-state index in [0.29, 0.717) is 6.04 Å². The van der Waals surface area contributed by atoms with Gasteiger partial charge in [-0.2, -0.15) is 0 Å². The number of methoxy groups -OCH3 is 1. The maximum atomic E-state index is 5.81. The van der Waals surface area contributed by atoms with Crippen LogP contribution in [0.2, 0.25) is 0 Å². The standard InChI is InChI=1S/C14H24N2OS/c1-5-15-12(14(17-4)7-6-8-14)9-13-16-10(2)11(3)18-13/h12,15H,5-9H2,1-4H3. The molecule has 0 radical (unpaired) electrons. The second-order valence-corrected chi connectivity index (χ2v) is 6.47. The van der Waals surface area contributed by atoms with Crippen LogP contribution in [0, 0.1) is 13.8 Å². The predicted octanol–water partition coefficient (Wildman–Crippen LogP) is 2.85. The van der Waals surface area contributed by atoms with Crippen LogP contribution in [0.4, 0.5) is 0 Å². The molecule has 1 saturated carbocycles. The van der Waals surface area contributed by atoms with Crippen LogP contribution < -0.4 is 5.32 Å². The first-order valence-electron chi connectivity index (χ1n) is 6.82. The smallest absolute Gasteiger partial charge is 0.0947 e. The van der Waals surface area contributed by atoms with E-state index in [1.807, 2.05) is 18.4 Å². The molecule has 1 atom stereocenters. The zero-order valence-electron chi connectivity index (χ0n) is 11.9. The van der Waals surface area contributed by atoms with Gasteiger partial charge in [-0.15, -0.1) is 11.3 Å². The molecule has 0 bridgehead atoms. The number of likely N-dealkylation sites (N-methyl/N-ethyl adjacent to an activating group) is 1. The van der Waals surface area contributed by atoms with Gasteiger partial charge in [-0.1, -0.05) is 6.92 Å². The molecule has 1 fully saturated rings. The Hall–Kier alpha value is -0.450. The maximum absolute atomic E-state index is 5.81. The van der Waals surface area contributed by atoms with E-state index in [-0.39, 0.29) is 5.60 Å². The molecule has 1 unspecified atom stereocenters. The first-order valence-corrected chi connectivity index (χ1v) is 7.64. The Bertz CT molecular complexity index is 373. The third kappa shape index (κ3) is 2.60. The van der Waals surface area contributed by atoms with E-state index in [4.69, 9.17) is 4.74 Å². The molecule has 18 heavy (non-hydrogen) atoms. The molecule has 1 aromatic heterocycles. The largest absolute Gasteiger partial charge is 0.377 e. The summed E-state index contributed by atoms with van der Waals surface area (Å²) in [5, 5.41) is 4.83. The summed E-state index contributed by atoms with van der Waals surface area (Å²) in [6.45, 7) is 7.38. The van der Waals surface area contributed by atoms with Crippen molar-refractivity contribution in [1.29, 1.82) is 0 Å². The van der Waals surface area contributed by atoms with Gasteiger partial charge in [0.25, 0.3) is 0 Å². The van der Waals surface area contributed by atoms with Gasteiger partial charge in [0.05, 0.1) is 16.3 Å². The topological polar surface area (TPSA) is 34.2 Å². The molecule has 0 aromatic carbocycles. The number of aromatic nitrogens is 1. The Labute approximate surface area is 114 Å². The Kier molecular flexibility index (Phi) is 4.41. The minimum atomic E-state index is 0.0451. The molecule has 2 rings (SSSR count). The van der Waals surface area contributed by atoms with E-state index in [2.05, 4.69) is 31.1 Å². The lowest BCUT2D eigenvalue weighted by atomic mass is 9.73. The predicted molar refractivity (Wildman–Crippen MR) is 76.3 cm³/mol. The molecule has 0 saturated heterocycles. The van der Waals surface area contributed by atoms with Crippen LogP contribution in [0.5, 0.6) is 0 Å². The molecule has 1 heterocycles. The number of thiazole rings is 1. The van der Waals surface area contributed by atoms with Gasteiger partial charge in [0.1, 0.15) is 0 Å². The Balaban J connectivity index is 2.10. The van der Waals surface area contributed by atoms with Crippen LogP contribution in [0.25, 0.3) is 0 Å². The zero-order chi connectivity index (χ0) is 13.2. The van der Waals surface area contributed by atoms with Crippen LogP contribution in [0.1, 0.15) is 41.8 Å². The number of hydrogen-bond donors (Lipinski definition) is 1. The number of aryl methyl sites for hydroxylation is 2. The average Bonchev–Trinajstić information content (AvgIpc) is 2.57. The summed E-state index contributed by atoms with van der Waals surface area (Å²) in [4.78, 5) is 6.00. The van der Waals surface area contributed by atoms with Crippen LogP contribution >= 0.6 is 11.3 Å². The summed E-state index contributed by atoms with van der Waals surface area (Å²) >= 11 is 1.82. The molecule has 0 aliphatic heterocycles. The number of rotatable bonds is 6. The molecule has 102 valence electrons. The summed E-state index contributed by atoms with van der Waals surface area (Å²) in [7, 11) is 1.85. The number of ether oxygens (including phenoxy) is 1. The Morgan fingerprint density at radius 1 is 1.44 bits per heavy atom. The minimum absolute atomic E-state index is 0.0451. The molecule has 1 aliphatic carbocycles. The molecule has 1 N–H and O–H groups in total. The maximum Gasteiger partial charge on any atom is 0.0947 e. The van der Waals surface area contributed by atoms with Gasteiger partial charge in [-0.3, -0.25) is 0 Å². The number of nitrogens with zero attached hydrogens (tertiary/aromatic N) is 1. The highest BCUT2D eigenvalue weighted by Gasteiger charge is 2.44. The molecule has 0 amide bonds. The summed E-state index contributed by atoms with van der Waals surface area (Å²) in [6.07, 6.45) is 4.61. The molecule has 0 spiro atoms. The summed E-state index contributed by atoms with van der Waals surface area (Å²) in [5.41, 5.74) is 1.22.